The Bertz CT molecular complexity index is 576. The number of nitrogens with zero attached hydrogens (tertiary/aromatic N) is 3. The van der Waals surface area contributed by atoms with Crippen molar-refractivity contribution in [3.05, 3.63) is 35.6 Å². The van der Waals surface area contributed by atoms with Gasteiger partial charge in [0.15, 0.2) is 0 Å². The van der Waals surface area contributed by atoms with Crippen molar-refractivity contribution in [1.82, 2.24) is 20.2 Å². The molecule has 1 aliphatic rings. The third-order valence-electron chi connectivity index (χ3n) is 3.27. The van der Waals surface area contributed by atoms with Crippen LogP contribution >= 0.6 is 11.3 Å². The number of aromatic nitrogens is 2. The van der Waals surface area contributed by atoms with Gasteiger partial charge < -0.3 is 10.2 Å². The summed E-state index contributed by atoms with van der Waals surface area (Å²) in [6, 6.07) is 3.81. The van der Waals surface area contributed by atoms with Gasteiger partial charge in [-0.25, -0.2) is 4.98 Å². The summed E-state index contributed by atoms with van der Waals surface area (Å²) in [7, 11) is 0. The highest BCUT2D eigenvalue weighted by Gasteiger charge is 2.19. The fourth-order valence-corrected chi connectivity index (χ4v) is 3.10. The van der Waals surface area contributed by atoms with Gasteiger partial charge in [0.1, 0.15) is 9.88 Å². The molecule has 0 bridgehead atoms. The quantitative estimate of drug-likeness (QED) is 0.912. The first-order chi connectivity index (χ1) is 9.84. The standard InChI is InChI=1S/C14H16N4OS/c19-14(18-8-1-4-15-7-9-18)12-10-17-13(20-12)11-2-5-16-6-3-11/h2-3,5-6,10,15H,1,4,7-9H2. The molecule has 6 heteroatoms. The molecule has 3 heterocycles. The van der Waals surface area contributed by atoms with Gasteiger partial charge in [0.2, 0.25) is 0 Å². The van der Waals surface area contributed by atoms with E-state index in [1.54, 1.807) is 18.6 Å². The molecule has 1 amide bonds. The minimum absolute atomic E-state index is 0.0894. The summed E-state index contributed by atoms with van der Waals surface area (Å²) in [6.07, 6.45) is 6.15. The number of hydrogen-bond donors (Lipinski definition) is 1. The van der Waals surface area contributed by atoms with Crippen LogP contribution in [0.25, 0.3) is 10.6 Å². The fourth-order valence-electron chi connectivity index (χ4n) is 2.21. The Hall–Kier alpha value is -1.79. The van der Waals surface area contributed by atoms with Crippen molar-refractivity contribution in [2.24, 2.45) is 0 Å². The molecule has 0 saturated carbocycles. The van der Waals surface area contributed by atoms with E-state index in [-0.39, 0.29) is 5.91 Å². The lowest BCUT2D eigenvalue weighted by Gasteiger charge is -2.18. The molecule has 5 nitrogen and oxygen atoms in total. The van der Waals surface area contributed by atoms with Gasteiger partial charge >= 0.3 is 0 Å². The van der Waals surface area contributed by atoms with Crippen LogP contribution in [-0.2, 0) is 0 Å². The average Bonchev–Trinajstić information content (AvgIpc) is 2.83. The number of hydrogen-bond acceptors (Lipinski definition) is 5. The summed E-state index contributed by atoms with van der Waals surface area (Å²) in [4.78, 5) is 23.4. The van der Waals surface area contributed by atoms with Crippen LogP contribution in [0.15, 0.2) is 30.7 Å². The molecule has 2 aromatic heterocycles. The smallest absolute Gasteiger partial charge is 0.265 e. The zero-order chi connectivity index (χ0) is 13.8. The molecular formula is C14H16N4OS. The molecule has 1 saturated heterocycles. The highest BCUT2D eigenvalue weighted by molar-refractivity contribution is 7.16. The van der Waals surface area contributed by atoms with Crippen LogP contribution in [0, 0.1) is 0 Å². The van der Waals surface area contributed by atoms with E-state index in [4.69, 9.17) is 0 Å². The van der Waals surface area contributed by atoms with Gasteiger partial charge in [-0.3, -0.25) is 9.78 Å². The van der Waals surface area contributed by atoms with Crippen LogP contribution in [0.3, 0.4) is 0 Å². The largest absolute Gasteiger partial charge is 0.337 e. The van der Waals surface area contributed by atoms with Crippen LogP contribution < -0.4 is 5.32 Å². The number of thiazole rings is 1. The Morgan fingerprint density at radius 2 is 2.10 bits per heavy atom. The maximum atomic E-state index is 12.5. The van der Waals surface area contributed by atoms with Crippen LogP contribution in [0.1, 0.15) is 16.1 Å². The van der Waals surface area contributed by atoms with E-state index in [0.717, 1.165) is 43.2 Å². The van der Waals surface area contributed by atoms with Gasteiger partial charge in [-0.1, -0.05) is 0 Å². The molecule has 2 aromatic rings. The van der Waals surface area contributed by atoms with E-state index in [1.165, 1.54) is 11.3 Å². The van der Waals surface area contributed by atoms with Crippen molar-refractivity contribution in [3.63, 3.8) is 0 Å². The maximum absolute atomic E-state index is 12.5. The van der Waals surface area contributed by atoms with Crippen molar-refractivity contribution in [3.8, 4) is 10.6 Å². The molecule has 1 aliphatic heterocycles. The lowest BCUT2D eigenvalue weighted by molar-refractivity contribution is 0.0771. The van der Waals surface area contributed by atoms with E-state index < -0.39 is 0 Å². The summed E-state index contributed by atoms with van der Waals surface area (Å²) in [5, 5.41) is 4.17. The van der Waals surface area contributed by atoms with E-state index in [0.29, 0.717) is 4.88 Å². The Kier molecular flexibility index (Phi) is 4.03. The minimum atomic E-state index is 0.0894. The first-order valence-electron chi connectivity index (χ1n) is 6.71. The Labute approximate surface area is 121 Å². The van der Waals surface area contributed by atoms with Crippen molar-refractivity contribution in [2.45, 2.75) is 6.42 Å². The second kappa shape index (κ2) is 6.11. The van der Waals surface area contributed by atoms with Crippen LogP contribution in [0.5, 0.6) is 0 Å². The lowest BCUT2D eigenvalue weighted by Crippen LogP contribution is -2.33. The van der Waals surface area contributed by atoms with Gasteiger partial charge in [0.25, 0.3) is 5.91 Å². The van der Waals surface area contributed by atoms with E-state index in [9.17, 15) is 4.79 Å². The molecule has 104 valence electrons. The molecule has 0 radical (unpaired) electrons. The first kappa shape index (κ1) is 13.2. The summed E-state index contributed by atoms with van der Waals surface area (Å²) in [5.41, 5.74) is 1.00. The monoisotopic (exact) mass is 288 g/mol. The number of carbonyl (C=O) groups excluding carboxylic acids is 1. The highest BCUT2D eigenvalue weighted by Crippen LogP contribution is 2.25. The third kappa shape index (κ3) is 2.86. The van der Waals surface area contributed by atoms with Gasteiger partial charge in [-0.2, -0.15) is 0 Å². The molecule has 0 spiro atoms. The minimum Gasteiger partial charge on any atom is -0.337 e. The van der Waals surface area contributed by atoms with Crippen molar-refractivity contribution >= 4 is 17.2 Å². The SMILES string of the molecule is O=C(c1cnc(-c2ccncc2)s1)N1CCCNCC1. The lowest BCUT2D eigenvalue weighted by atomic mass is 10.3. The summed E-state index contributed by atoms with van der Waals surface area (Å²) < 4.78 is 0. The molecule has 3 rings (SSSR count). The first-order valence-corrected chi connectivity index (χ1v) is 7.52. The normalized spacial score (nSPS) is 15.9. The zero-order valence-corrected chi connectivity index (χ0v) is 11.9. The van der Waals surface area contributed by atoms with E-state index in [1.807, 2.05) is 17.0 Å². The molecule has 1 N–H and O–H groups in total. The van der Waals surface area contributed by atoms with E-state index in [2.05, 4.69) is 15.3 Å². The highest BCUT2D eigenvalue weighted by atomic mass is 32.1. The molecule has 0 unspecified atom stereocenters. The molecule has 0 aromatic carbocycles. The van der Waals surface area contributed by atoms with Crippen molar-refractivity contribution in [2.75, 3.05) is 26.2 Å². The predicted molar refractivity (Wildman–Crippen MR) is 78.7 cm³/mol. The third-order valence-corrected chi connectivity index (χ3v) is 4.31. The number of rotatable bonds is 2. The molecule has 0 atom stereocenters. The van der Waals surface area contributed by atoms with Gasteiger partial charge in [0.05, 0.1) is 6.20 Å². The molecule has 0 aliphatic carbocycles. The number of pyridine rings is 1. The molecule has 20 heavy (non-hydrogen) atoms. The summed E-state index contributed by atoms with van der Waals surface area (Å²) in [5.74, 6) is 0.0894. The maximum Gasteiger partial charge on any atom is 0.265 e. The van der Waals surface area contributed by atoms with E-state index >= 15 is 0 Å². The van der Waals surface area contributed by atoms with Crippen molar-refractivity contribution in [1.29, 1.82) is 0 Å². The topological polar surface area (TPSA) is 58.1 Å². The Morgan fingerprint density at radius 1 is 1.25 bits per heavy atom. The zero-order valence-electron chi connectivity index (χ0n) is 11.1. The number of nitrogens with one attached hydrogen (secondary N) is 1. The van der Waals surface area contributed by atoms with Gasteiger partial charge in [0, 0.05) is 37.6 Å². The molecule has 1 fully saturated rings. The average molecular weight is 288 g/mol. The van der Waals surface area contributed by atoms with Crippen molar-refractivity contribution < 1.29 is 4.79 Å². The fraction of sp³-hybridized carbons (Fsp3) is 0.357. The van der Waals surface area contributed by atoms with Gasteiger partial charge in [-0.05, 0) is 25.1 Å². The number of carbonyl (C=O) groups is 1. The summed E-state index contributed by atoms with van der Waals surface area (Å²) >= 11 is 1.44. The molecular weight excluding hydrogens is 272 g/mol. The summed E-state index contributed by atoms with van der Waals surface area (Å²) in [6.45, 7) is 3.42. The Morgan fingerprint density at radius 3 is 2.95 bits per heavy atom. The number of amides is 1. The second-order valence-corrected chi connectivity index (χ2v) is 5.69. The van der Waals surface area contributed by atoms with Crippen LogP contribution in [0.4, 0.5) is 0 Å². The van der Waals surface area contributed by atoms with Crippen LogP contribution in [0.2, 0.25) is 0 Å². The predicted octanol–water partition coefficient (Wildman–Crippen LogP) is 1.64. The second-order valence-electron chi connectivity index (χ2n) is 4.66. The Balaban J connectivity index is 1.77. The van der Waals surface area contributed by atoms with Crippen LogP contribution in [-0.4, -0.2) is 47.0 Å². The van der Waals surface area contributed by atoms with Gasteiger partial charge in [-0.15, -0.1) is 11.3 Å².